The van der Waals surface area contributed by atoms with Crippen molar-refractivity contribution in [3.05, 3.63) is 35.5 Å². The Morgan fingerprint density at radius 1 is 1.31 bits per heavy atom. The summed E-state index contributed by atoms with van der Waals surface area (Å²) in [5.41, 5.74) is 1.18. The highest BCUT2D eigenvalue weighted by molar-refractivity contribution is 6.35. The van der Waals surface area contributed by atoms with E-state index < -0.39 is 13.0 Å². The lowest BCUT2D eigenvalue weighted by Crippen LogP contribution is -2.10. The number of aromatic nitrogens is 1. The number of nitrogens with one attached hydrogen (secondary N) is 1. The number of hydrogen-bond donors (Lipinski definition) is 1. The summed E-state index contributed by atoms with van der Waals surface area (Å²) in [7, 11) is 0. The molecule has 0 amide bonds. The zero-order chi connectivity index (χ0) is 11.5. The number of halogens is 3. The predicted octanol–water partition coefficient (Wildman–Crippen LogP) is 3.57. The van der Waals surface area contributed by atoms with Gasteiger partial charge in [0.15, 0.2) is 0 Å². The zero-order valence-corrected chi connectivity index (χ0v) is 9.01. The van der Waals surface area contributed by atoms with Crippen LogP contribution in [-0.4, -0.2) is 18.0 Å². The summed E-state index contributed by atoms with van der Waals surface area (Å²) in [4.78, 5) is 4.13. The summed E-state index contributed by atoms with van der Waals surface area (Å²) in [6.45, 7) is -0.396. The molecule has 0 unspecified atom stereocenters. The van der Waals surface area contributed by atoms with Gasteiger partial charge in [0.1, 0.15) is 0 Å². The van der Waals surface area contributed by atoms with E-state index in [0.29, 0.717) is 16.2 Å². The van der Waals surface area contributed by atoms with Gasteiger partial charge in [0.05, 0.1) is 22.8 Å². The topological polar surface area (TPSA) is 24.9 Å². The molecule has 0 bridgehead atoms. The number of rotatable bonds is 3. The number of fused-ring (bicyclic) bond motifs is 1. The molecule has 0 spiro atoms. The van der Waals surface area contributed by atoms with Crippen molar-refractivity contribution in [2.24, 2.45) is 0 Å². The van der Waals surface area contributed by atoms with Crippen LogP contribution in [0.2, 0.25) is 5.02 Å². The first-order valence-electron chi connectivity index (χ1n) is 4.74. The van der Waals surface area contributed by atoms with Crippen LogP contribution in [0.5, 0.6) is 0 Å². The molecular weight excluding hydrogens is 234 g/mol. The molecule has 2 rings (SSSR count). The van der Waals surface area contributed by atoms with Crippen LogP contribution in [0.1, 0.15) is 0 Å². The molecule has 0 aliphatic carbocycles. The lowest BCUT2D eigenvalue weighted by molar-refractivity contribution is 0.163. The van der Waals surface area contributed by atoms with Crippen LogP contribution in [0, 0.1) is 0 Å². The highest BCUT2D eigenvalue weighted by Crippen LogP contribution is 2.27. The smallest absolute Gasteiger partial charge is 0.255 e. The van der Waals surface area contributed by atoms with Crippen LogP contribution in [0.25, 0.3) is 10.9 Å². The van der Waals surface area contributed by atoms with E-state index in [-0.39, 0.29) is 0 Å². The molecule has 0 radical (unpaired) electrons. The van der Waals surface area contributed by atoms with Gasteiger partial charge in [-0.3, -0.25) is 4.98 Å². The van der Waals surface area contributed by atoms with Crippen LogP contribution < -0.4 is 5.32 Å². The van der Waals surface area contributed by atoms with Crippen molar-refractivity contribution in [1.82, 2.24) is 4.98 Å². The van der Waals surface area contributed by atoms with Gasteiger partial charge >= 0.3 is 0 Å². The fraction of sp³-hybridized carbons (Fsp3) is 0.182. The SMILES string of the molecule is FC(F)CNc1ccc(Cl)c2cccnc12. The predicted molar refractivity (Wildman–Crippen MR) is 61.2 cm³/mol. The molecule has 2 nitrogen and oxygen atoms in total. The minimum absolute atomic E-state index is 0.396. The molecule has 0 saturated heterocycles. The Morgan fingerprint density at radius 3 is 2.88 bits per heavy atom. The Hall–Kier alpha value is -1.42. The lowest BCUT2D eigenvalue weighted by Gasteiger charge is -2.09. The average Bonchev–Trinajstić information content (AvgIpc) is 2.28. The van der Waals surface area contributed by atoms with Crippen LogP contribution >= 0.6 is 11.6 Å². The van der Waals surface area contributed by atoms with Crippen molar-refractivity contribution >= 4 is 28.2 Å². The molecule has 1 heterocycles. The van der Waals surface area contributed by atoms with Crippen molar-refractivity contribution in [2.45, 2.75) is 6.43 Å². The third-order valence-corrected chi connectivity index (χ3v) is 2.49. The Labute approximate surface area is 96.2 Å². The standard InChI is InChI=1S/C11H9ClF2N2/c12-8-3-4-9(16-6-10(13)14)11-7(8)2-1-5-15-11/h1-5,10,16H,6H2. The molecule has 5 heteroatoms. The molecule has 0 atom stereocenters. The fourth-order valence-corrected chi connectivity index (χ4v) is 1.68. The first-order chi connectivity index (χ1) is 7.68. The van der Waals surface area contributed by atoms with Crippen LogP contribution in [0.4, 0.5) is 14.5 Å². The number of hydrogen-bond acceptors (Lipinski definition) is 2. The van der Waals surface area contributed by atoms with Gasteiger partial charge < -0.3 is 5.32 Å². The summed E-state index contributed by atoms with van der Waals surface area (Å²) < 4.78 is 24.2. The molecule has 1 aromatic carbocycles. The number of anilines is 1. The molecule has 2 aromatic rings. The highest BCUT2D eigenvalue weighted by Gasteiger charge is 2.07. The monoisotopic (exact) mass is 242 g/mol. The van der Waals surface area contributed by atoms with E-state index in [4.69, 9.17) is 11.6 Å². The first-order valence-corrected chi connectivity index (χ1v) is 5.11. The second-order valence-electron chi connectivity index (χ2n) is 3.27. The van der Waals surface area contributed by atoms with Gasteiger partial charge in [-0.05, 0) is 24.3 Å². The molecule has 0 saturated carbocycles. The van der Waals surface area contributed by atoms with Crippen LogP contribution in [0.15, 0.2) is 30.5 Å². The second-order valence-corrected chi connectivity index (χ2v) is 3.67. The molecule has 1 N–H and O–H groups in total. The third-order valence-electron chi connectivity index (χ3n) is 2.16. The van der Waals surface area contributed by atoms with Gasteiger partial charge in [-0.1, -0.05) is 11.6 Å². The molecule has 16 heavy (non-hydrogen) atoms. The maximum absolute atomic E-state index is 12.1. The molecule has 84 valence electrons. The van der Waals surface area contributed by atoms with Crippen molar-refractivity contribution in [3.63, 3.8) is 0 Å². The zero-order valence-electron chi connectivity index (χ0n) is 8.25. The van der Waals surface area contributed by atoms with E-state index in [2.05, 4.69) is 10.3 Å². The van der Waals surface area contributed by atoms with Crippen molar-refractivity contribution in [1.29, 1.82) is 0 Å². The van der Waals surface area contributed by atoms with Gasteiger partial charge in [0.25, 0.3) is 6.43 Å². The lowest BCUT2D eigenvalue weighted by atomic mass is 10.2. The maximum atomic E-state index is 12.1. The minimum atomic E-state index is -2.39. The van der Waals surface area contributed by atoms with E-state index in [0.717, 1.165) is 5.39 Å². The Balaban J connectivity index is 2.42. The summed E-state index contributed by atoms with van der Waals surface area (Å²) in [5, 5.41) is 3.96. The van der Waals surface area contributed by atoms with E-state index in [1.165, 1.54) is 0 Å². The number of alkyl halides is 2. The molecule has 0 fully saturated rings. The molecule has 1 aromatic heterocycles. The third kappa shape index (κ3) is 2.22. The van der Waals surface area contributed by atoms with E-state index >= 15 is 0 Å². The summed E-state index contributed by atoms with van der Waals surface area (Å²) >= 11 is 5.98. The largest absolute Gasteiger partial charge is 0.378 e. The minimum Gasteiger partial charge on any atom is -0.378 e. The van der Waals surface area contributed by atoms with Crippen LogP contribution in [0.3, 0.4) is 0 Å². The molecular formula is C11H9ClF2N2. The van der Waals surface area contributed by atoms with Gasteiger partial charge in [0, 0.05) is 11.6 Å². The van der Waals surface area contributed by atoms with Gasteiger partial charge in [0.2, 0.25) is 0 Å². The van der Waals surface area contributed by atoms with Crippen LogP contribution in [-0.2, 0) is 0 Å². The summed E-state index contributed by atoms with van der Waals surface area (Å²) in [6, 6.07) is 6.88. The number of nitrogens with zero attached hydrogens (tertiary/aromatic N) is 1. The summed E-state index contributed by atoms with van der Waals surface area (Å²) in [6.07, 6.45) is -0.791. The number of pyridine rings is 1. The quantitative estimate of drug-likeness (QED) is 0.890. The Kier molecular flexibility index (Phi) is 3.19. The normalized spacial score (nSPS) is 11.0. The highest BCUT2D eigenvalue weighted by atomic mass is 35.5. The molecule has 0 aliphatic rings. The van der Waals surface area contributed by atoms with E-state index in [1.807, 2.05) is 0 Å². The Morgan fingerprint density at radius 2 is 2.12 bits per heavy atom. The van der Waals surface area contributed by atoms with Crippen molar-refractivity contribution in [3.8, 4) is 0 Å². The van der Waals surface area contributed by atoms with Gasteiger partial charge in [-0.15, -0.1) is 0 Å². The van der Waals surface area contributed by atoms with Crippen molar-refractivity contribution < 1.29 is 8.78 Å². The second kappa shape index (κ2) is 4.61. The van der Waals surface area contributed by atoms with Gasteiger partial charge in [-0.25, -0.2) is 8.78 Å². The average molecular weight is 243 g/mol. The maximum Gasteiger partial charge on any atom is 0.255 e. The fourth-order valence-electron chi connectivity index (χ4n) is 1.47. The first kappa shape index (κ1) is 11.1. The Bertz CT molecular complexity index is 502. The van der Waals surface area contributed by atoms with E-state index in [1.54, 1.807) is 30.5 Å². The number of benzene rings is 1. The molecule has 0 aliphatic heterocycles. The van der Waals surface area contributed by atoms with Gasteiger partial charge in [-0.2, -0.15) is 0 Å². The van der Waals surface area contributed by atoms with Crippen molar-refractivity contribution in [2.75, 3.05) is 11.9 Å². The summed E-state index contributed by atoms with van der Waals surface area (Å²) in [5.74, 6) is 0. The van der Waals surface area contributed by atoms with E-state index in [9.17, 15) is 8.78 Å².